The van der Waals surface area contributed by atoms with Crippen molar-refractivity contribution in [2.24, 2.45) is 5.92 Å². The highest BCUT2D eigenvalue weighted by Gasteiger charge is 2.39. The number of hydrogen-bond acceptors (Lipinski definition) is 5. The maximum absolute atomic E-state index is 15.7. The Morgan fingerprint density at radius 3 is 2.44 bits per heavy atom. The number of carboxylic acids is 1. The number of rotatable bonds is 5. The predicted molar refractivity (Wildman–Crippen MR) is 130 cm³/mol. The van der Waals surface area contributed by atoms with Gasteiger partial charge in [-0.15, -0.1) is 0 Å². The van der Waals surface area contributed by atoms with Gasteiger partial charge >= 0.3 is 5.97 Å². The van der Waals surface area contributed by atoms with Crippen molar-refractivity contribution < 1.29 is 18.7 Å². The second kappa shape index (κ2) is 9.90. The monoisotopic (exact) mass is 476 g/mol. The Bertz CT molecular complexity index is 1130. The van der Waals surface area contributed by atoms with E-state index in [0.29, 0.717) is 19.0 Å². The summed E-state index contributed by atoms with van der Waals surface area (Å²) in [5.41, 5.74) is 3.69. The van der Waals surface area contributed by atoms with Gasteiger partial charge in [0.15, 0.2) is 11.6 Å². The van der Waals surface area contributed by atoms with Gasteiger partial charge in [0.05, 0.1) is 16.6 Å². The summed E-state index contributed by atoms with van der Waals surface area (Å²) in [6.45, 7) is 6.29. The summed E-state index contributed by atoms with van der Waals surface area (Å²) in [6, 6.07) is 0.0470. The average molecular weight is 477 g/mol. The molecule has 9 heteroatoms. The Morgan fingerprint density at radius 1 is 1.18 bits per heavy atom. The molecule has 34 heavy (non-hydrogen) atoms. The molecule has 0 amide bonds. The molecule has 1 aromatic heterocycles. The Balaban J connectivity index is 0.000000499. The van der Waals surface area contributed by atoms with Crippen LogP contribution in [-0.4, -0.2) is 41.3 Å². The van der Waals surface area contributed by atoms with Crippen LogP contribution < -0.4 is 21.4 Å². The summed E-state index contributed by atoms with van der Waals surface area (Å²) in [5.74, 6) is -2.97. The van der Waals surface area contributed by atoms with E-state index in [1.807, 2.05) is 0 Å². The van der Waals surface area contributed by atoms with Crippen LogP contribution in [0.5, 0.6) is 0 Å². The van der Waals surface area contributed by atoms with Gasteiger partial charge < -0.3 is 25.6 Å². The van der Waals surface area contributed by atoms with Gasteiger partial charge in [-0.05, 0) is 38.1 Å². The molecular weight excluding hydrogens is 442 g/mol. The zero-order chi connectivity index (χ0) is 24.6. The number of nitrogens with one attached hydrogen (secondary N) is 1. The zero-order valence-corrected chi connectivity index (χ0v) is 19.9. The van der Waals surface area contributed by atoms with E-state index < -0.39 is 34.3 Å². The van der Waals surface area contributed by atoms with Crippen LogP contribution in [0, 0.1) is 17.6 Å². The molecule has 0 bridgehead atoms. The van der Waals surface area contributed by atoms with E-state index in [-0.39, 0.29) is 28.7 Å². The molecule has 4 N–H and O–H groups in total. The molecule has 2 saturated heterocycles. The molecule has 3 aliphatic rings. The summed E-state index contributed by atoms with van der Waals surface area (Å²) in [4.78, 5) is 25.9. The summed E-state index contributed by atoms with van der Waals surface area (Å²) in [7, 11) is 0. The van der Waals surface area contributed by atoms with Crippen LogP contribution in [0.25, 0.3) is 10.9 Å². The highest BCUT2D eigenvalue weighted by molar-refractivity contribution is 5.99. The molecule has 2 unspecified atom stereocenters. The fourth-order valence-electron chi connectivity index (χ4n) is 5.21. The minimum atomic E-state index is -1.44. The van der Waals surface area contributed by atoms with Crippen LogP contribution >= 0.6 is 0 Å². The number of nitrogens with two attached hydrogens (primary N) is 1. The molecule has 0 spiro atoms. The second-order valence-corrected chi connectivity index (χ2v) is 9.65. The van der Waals surface area contributed by atoms with Gasteiger partial charge in [-0.25, -0.2) is 13.6 Å². The first-order valence-corrected chi connectivity index (χ1v) is 12.4. The number of anilines is 2. The fourth-order valence-corrected chi connectivity index (χ4v) is 5.21. The van der Waals surface area contributed by atoms with E-state index in [4.69, 9.17) is 5.73 Å². The SMILES string of the molecule is CCCCC.Nc1c(F)c(N2CC3CCCNC3C2)c(F)c2c1c(=O)c(C(=O)O)cn2C1CC1. The smallest absolute Gasteiger partial charge is 0.341 e. The van der Waals surface area contributed by atoms with Crippen molar-refractivity contribution in [3.63, 3.8) is 0 Å². The lowest BCUT2D eigenvalue weighted by Gasteiger charge is -2.24. The van der Waals surface area contributed by atoms with Crippen molar-refractivity contribution in [3.05, 3.63) is 33.6 Å². The van der Waals surface area contributed by atoms with Gasteiger partial charge in [-0.1, -0.05) is 33.1 Å². The molecule has 7 nitrogen and oxygen atoms in total. The van der Waals surface area contributed by atoms with Crippen molar-refractivity contribution in [3.8, 4) is 0 Å². The molecule has 2 aromatic rings. The van der Waals surface area contributed by atoms with E-state index in [2.05, 4.69) is 19.2 Å². The lowest BCUT2D eigenvalue weighted by atomic mass is 9.94. The standard InChI is InChI=1S/C20H22F2N4O3.C5H12/c21-14-16(23)13-17(26(10-3-4-10)7-11(19(13)27)20(28)29)15(22)18(14)25-6-9-2-1-5-24-12(9)8-25;1-3-5-4-2/h7,9-10,12,24H,1-6,8,23H2,(H,28,29);3-5H2,1-2H3. The van der Waals surface area contributed by atoms with Crippen molar-refractivity contribution in [2.45, 2.75) is 70.9 Å². The van der Waals surface area contributed by atoms with E-state index >= 15 is 8.78 Å². The van der Waals surface area contributed by atoms with Crippen LogP contribution in [0.1, 0.15) is 75.2 Å². The number of fused-ring (bicyclic) bond motifs is 2. The first-order chi connectivity index (χ1) is 16.3. The van der Waals surface area contributed by atoms with Crippen LogP contribution in [0.3, 0.4) is 0 Å². The quantitative estimate of drug-likeness (QED) is 0.557. The number of pyridine rings is 1. The number of nitrogen functional groups attached to an aromatic ring is 1. The Labute approximate surface area is 197 Å². The number of hydrogen-bond donors (Lipinski definition) is 3. The van der Waals surface area contributed by atoms with Crippen molar-refractivity contribution in [1.82, 2.24) is 9.88 Å². The Kier molecular flexibility index (Phi) is 7.12. The largest absolute Gasteiger partial charge is 0.477 e. The number of benzene rings is 1. The van der Waals surface area contributed by atoms with Crippen LogP contribution in [0.4, 0.5) is 20.2 Å². The van der Waals surface area contributed by atoms with Crippen LogP contribution in [0.15, 0.2) is 11.0 Å². The third kappa shape index (κ3) is 4.37. The molecule has 1 aliphatic carbocycles. The number of halogens is 2. The third-order valence-corrected chi connectivity index (χ3v) is 7.16. The van der Waals surface area contributed by atoms with E-state index in [1.165, 1.54) is 30.0 Å². The van der Waals surface area contributed by atoms with Crippen molar-refractivity contribution in [2.75, 3.05) is 30.3 Å². The van der Waals surface area contributed by atoms with Gasteiger partial charge in [0.1, 0.15) is 11.3 Å². The fraction of sp³-hybridized carbons (Fsp3) is 0.600. The van der Waals surface area contributed by atoms with Crippen LogP contribution in [-0.2, 0) is 0 Å². The highest BCUT2D eigenvalue weighted by atomic mass is 19.1. The number of carboxylic acid groups (broad SMARTS) is 1. The Morgan fingerprint density at radius 2 is 1.88 bits per heavy atom. The molecule has 2 aliphatic heterocycles. The van der Waals surface area contributed by atoms with Gasteiger partial charge in [0, 0.05) is 31.4 Å². The molecule has 1 aromatic carbocycles. The molecule has 1 saturated carbocycles. The maximum Gasteiger partial charge on any atom is 0.341 e. The number of nitrogens with zero attached hydrogens (tertiary/aromatic N) is 2. The van der Waals surface area contributed by atoms with Gasteiger partial charge in [0.2, 0.25) is 5.43 Å². The lowest BCUT2D eigenvalue weighted by Crippen LogP contribution is -2.40. The molecule has 3 fully saturated rings. The lowest BCUT2D eigenvalue weighted by molar-refractivity contribution is 0.0695. The van der Waals surface area contributed by atoms with E-state index in [9.17, 15) is 14.7 Å². The first-order valence-electron chi connectivity index (χ1n) is 12.4. The van der Waals surface area contributed by atoms with Gasteiger partial charge in [0.25, 0.3) is 0 Å². The molecule has 0 radical (unpaired) electrons. The minimum absolute atomic E-state index is 0.0979. The van der Waals surface area contributed by atoms with Gasteiger partial charge in [-0.3, -0.25) is 4.79 Å². The Hall–Kier alpha value is -2.68. The number of piperidine rings is 1. The topological polar surface area (TPSA) is 101 Å². The summed E-state index contributed by atoms with van der Waals surface area (Å²) in [6.07, 6.45) is 8.74. The molecule has 186 valence electrons. The normalized spacial score (nSPS) is 21.8. The molecule has 3 heterocycles. The predicted octanol–water partition coefficient (Wildman–Crippen LogP) is 4.28. The first kappa shape index (κ1) is 24.4. The minimum Gasteiger partial charge on any atom is -0.477 e. The van der Waals surface area contributed by atoms with Crippen molar-refractivity contribution >= 4 is 28.2 Å². The number of aromatic carboxylic acids is 1. The highest BCUT2D eigenvalue weighted by Crippen LogP contribution is 2.42. The van der Waals surface area contributed by atoms with Crippen molar-refractivity contribution in [1.29, 1.82) is 0 Å². The number of aromatic nitrogens is 1. The zero-order valence-electron chi connectivity index (χ0n) is 19.9. The van der Waals surface area contributed by atoms with Crippen LogP contribution in [0.2, 0.25) is 0 Å². The van der Waals surface area contributed by atoms with E-state index in [1.54, 1.807) is 4.90 Å². The maximum atomic E-state index is 15.7. The average Bonchev–Trinajstić information content (AvgIpc) is 3.56. The molecule has 5 rings (SSSR count). The second-order valence-electron chi connectivity index (χ2n) is 9.65. The van der Waals surface area contributed by atoms with Gasteiger partial charge in [-0.2, -0.15) is 0 Å². The summed E-state index contributed by atoms with van der Waals surface area (Å²) < 4.78 is 32.5. The molecule has 2 atom stereocenters. The summed E-state index contributed by atoms with van der Waals surface area (Å²) in [5, 5.41) is 12.4. The summed E-state index contributed by atoms with van der Waals surface area (Å²) >= 11 is 0. The number of carbonyl (C=O) groups is 1. The number of unbranched alkanes of at least 4 members (excludes halogenated alkanes) is 2. The van der Waals surface area contributed by atoms with E-state index in [0.717, 1.165) is 32.2 Å². The third-order valence-electron chi connectivity index (χ3n) is 7.16. The molecular formula is C25H34F2N4O3.